The number of hydrogen-bond acceptors (Lipinski definition) is 5. The summed E-state index contributed by atoms with van der Waals surface area (Å²) in [6, 6.07) is 2.80. The Hall–Kier alpha value is -1.86. The van der Waals surface area contributed by atoms with Crippen molar-refractivity contribution < 1.29 is 9.90 Å². The highest BCUT2D eigenvalue weighted by Gasteiger charge is 2.22. The van der Waals surface area contributed by atoms with E-state index in [9.17, 15) is 14.7 Å². The molecule has 7 nitrogen and oxygen atoms in total. The topological polar surface area (TPSA) is 101 Å². The fraction of sp³-hybridized carbons (Fsp3) is 0.538. The lowest BCUT2D eigenvalue weighted by molar-refractivity contribution is -0.123. The van der Waals surface area contributed by atoms with Gasteiger partial charge in [-0.1, -0.05) is 0 Å². The Morgan fingerprint density at radius 2 is 2.15 bits per heavy atom. The van der Waals surface area contributed by atoms with Crippen molar-refractivity contribution in [3.05, 3.63) is 28.7 Å². The van der Waals surface area contributed by atoms with Crippen LogP contribution in [0.3, 0.4) is 0 Å². The molecule has 0 aliphatic rings. The molecule has 1 amide bonds. The fourth-order valence-electron chi connectivity index (χ4n) is 1.91. The molecule has 1 rings (SSSR count). The summed E-state index contributed by atoms with van der Waals surface area (Å²) < 4.78 is 1.23. The van der Waals surface area contributed by atoms with Gasteiger partial charge in [0.05, 0.1) is 5.60 Å². The highest BCUT2D eigenvalue weighted by molar-refractivity contribution is 5.75. The lowest BCUT2D eigenvalue weighted by atomic mass is 10.1. The lowest BCUT2D eigenvalue weighted by Crippen LogP contribution is -2.48. The summed E-state index contributed by atoms with van der Waals surface area (Å²) in [6.07, 6.45) is 1.42. The molecule has 0 saturated carbocycles. The van der Waals surface area contributed by atoms with Crippen LogP contribution >= 0.6 is 0 Å². The number of aliphatic hydroxyl groups is 1. The second-order valence-electron chi connectivity index (χ2n) is 5.44. The molecule has 7 heteroatoms. The average molecular weight is 282 g/mol. The molecule has 0 aliphatic carbocycles. The smallest absolute Gasteiger partial charge is 0.251 e. The molecule has 1 aromatic rings. The minimum Gasteiger partial charge on any atom is -0.398 e. The highest BCUT2D eigenvalue weighted by atomic mass is 16.3. The fourth-order valence-corrected chi connectivity index (χ4v) is 1.91. The van der Waals surface area contributed by atoms with Gasteiger partial charge in [-0.2, -0.15) is 0 Å². The van der Waals surface area contributed by atoms with E-state index in [2.05, 4.69) is 5.32 Å². The van der Waals surface area contributed by atoms with Crippen molar-refractivity contribution in [2.75, 3.05) is 32.9 Å². The van der Waals surface area contributed by atoms with E-state index in [1.807, 2.05) is 19.0 Å². The van der Waals surface area contributed by atoms with Crippen molar-refractivity contribution in [3.8, 4) is 0 Å². The zero-order valence-corrected chi connectivity index (χ0v) is 12.1. The Morgan fingerprint density at radius 1 is 1.50 bits per heavy atom. The van der Waals surface area contributed by atoms with Crippen molar-refractivity contribution in [1.29, 1.82) is 0 Å². The highest BCUT2D eigenvalue weighted by Crippen LogP contribution is 2.02. The number of amides is 1. The molecule has 1 heterocycles. The summed E-state index contributed by atoms with van der Waals surface area (Å²) >= 11 is 0. The number of nitrogen functional groups attached to an aromatic ring is 1. The zero-order valence-electron chi connectivity index (χ0n) is 12.1. The second kappa shape index (κ2) is 6.53. The number of rotatable bonds is 6. The van der Waals surface area contributed by atoms with Gasteiger partial charge in [0, 0.05) is 31.0 Å². The van der Waals surface area contributed by atoms with Crippen LogP contribution in [0.5, 0.6) is 0 Å². The lowest BCUT2D eigenvalue weighted by Gasteiger charge is -2.27. The van der Waals surface area contributed by atoms with Crippen LogP contribution in [0.1, 0.15) is 6.92 Å². The second-order valence-corrected chi connectivity index (χ2v) is 5.44. The maximum absolute atomic E-state index is 11.8. The summed E-state index contributed by atoms with van der Waals surface area (Å²) in [5.74, 6) is -0.350. The van der Waals surface area contributed by atoms with Crippen molar-refractivity contribution in [1.82, 2.24) is 14.8 Å². The number of pyridine rings is 1. The van der Waals surface area contributed by atoms with E-state index in [0.717, 1.165) is 0 Å². The molecule has 0 radical (unpaired) electrons. The standard InChI is InChI=1S/C13H22N4O3/c1-13(20,9-16(2)3)8-15-11(18)7-17-6-10(14)4-5-12(17)19/h4-6,20H,7-9,14H2,1-3H3,(H,15,18). The molecule has 0 bridgehead atoms. The quantitative estimate of drug-likeness (QED) is 0.612. The number of nitrogens with one attached hydrogen (secondary N) is 1. The number of nitrogens with zero attached hydrogens (tertiary/aromatic N) is 2. The van der Waals surface area contributed by atoms with Gasteiger partial charge in [-0.3, -0.25) is 9.59 Å². The molecule has 1 unspecified atom stereocenters. The van der Waals surface area contributed by atoms with Crippen LogP contribution in [0, 0.1) is 0 Å². The van der Waals surface area contributed by atoms with E-state index >= 15 is 0 Å². The number of aromatic nitrogens is 1. The van der Waals surface area contributed by atoms with Crippen molar-refractivity contribution in [2.45, 2.75) is 19.1 Å². The van der Waals surface area contributed by atoms with E-state index in [0.29, 0.717) is 12.2 Å². The van der Waals surface area contributed by atoms with Crippen molar-refractivity contribution in [2.24, 2.45) is 0 Å². The van der Waals surface area contributed by atoms with Crippen LogP contribution in [-0.2, 0) is 11.3 Å². The van der Waals surface area contributed by atoms with Crippen LogP contribution in [0.15, 0.2) is 23.1 Å². The molecule has 1 aromatic heterocycles. The van der Waals surface area contributed by atoms with Gasteiger partial charge < -0.3 is 25.6 Å². The Kier molecular flexibility index (Phi) is 5.29. The molecule has 1 atom stereocenters. The molecule has 0 saturated heterocycles. The predicted molar refractivity (Wildman–Crippen MR) is 77.3 cm³/mol. The van der Waals surface area contributed by atoms with Gasteiger partial charge in [-0.15, -0.1) is 0 Å². The van der Waals surface area contributed by atoms with Crippen molar-refractivity contribution in [3.63, 3.8) is 0 Å². The predicted octanol–water partition coefficient (Wildman–Crippen LogP) is -1.14. The first-order chi connectivity index (χ1) is 9.19. The Bertz CT molecular complexity index is 523. The first kappa shape index (κ1) is 16.2. The number of likely N-dealkylation sites (N-methyl/N-ethyl adjacent to an activating group) is 1. The van der Waals surface area contributed by atoms with E-state index in [4.69, 9.17) is 5.73 Å². The Morgan fingerprint density at radius 3 is 2.75 bits per heavy atom. The molecular formula is C13H22N4O3. The molecular weight excluding hydrogens is 260 g/mol. The minimum absolute atomic E-state index is 0.112. The van der Waals surface area contributed by atoms with Gasteiger partial charge >= 0.3 is 0 Å². The van der Waals surface area contributed by atoms with Crippen LogP contribution in [0.25, 0.3) is 0 Å². The van der Waals surface area contributed by atoms with Crippen LogP contribution in [-0.4, -0.2) is 53.3 Å². The summed E-state index contributed by atoms with van der Waals surface area (Å²) in [4.78, 5) is 25.1. The first-order valence-electron chi connectivity index (χ1n) is 6.29. The average Bonchev–Trinajstić information content (AvgIpc) is 2.30. The molecule has 0 spiro atoms. The maximum Gasteiger partial charge on any atom is 0.251 e. The Balaban J connectivity index is 2.56. The third-order valence-corrected chi connectivity index (χ3v) is 2.64. The third kappa shape index (κ3) is 5.41. The number of nitrogens with two attached hydrogens (primary N) is 1. The third-order valence-electron chi connectivity index (χ3n) is 2.64. The van der Waals surface area contributed by atoms with Crippen LogP contribution in [0.2, 0.25) is 0 Å². The number of carbonyl (C=O) groups excluding carboxylic acids is 1. The maximum atomic E-state index is 11.8. The van der Waals surface area contributed by atoms with Gasteiger partial charge in [0.2, 0.25) is 5.91 Å². The van der Waals surface area contributed by atoms with Crippen LogP contribution < -0.4 is 16.6 Å². The molecule has 0 fully saturated rings. The number of hydrogen-bond donors (Lipinski definition) is 3. The molecule has 4 N–H and O–H groups in total. The van der Waals surface area contributed by atoms with Crippen molar-refractivity contribution >= 4 is 11.6 Å². The van der Waals surface area contributed by atoms with E-state index in [1.54, 1.807) is 6.92 Å². The van der Waals surface area contributed by atoms with E-state index < -0.39 is 5.60 Å². The minimum atomic E-state index is -1.03. The van der Waals surface area contributed by atoms with Gasteiger partial charge in [-0.05, 0) is 27.1 Å². The monoisotopic (exact) mass is 282 g/mol. The molecule has 20 heavy (non-hydrogen) atoms. The van der Waals surface area contributed by atoms with Gasteiger partial charge in [0.15, 0.2) is 0 Å². The summed E-state index contributed by atoms with van der Waals surface area (Å²) in [6.45, 7) is 2.05. The molecule has 0 aromatic carbocycles. The van der Waals surface area contributed by atoms with Gasteiger partial charge in [-0.25, -0.2) is 0 Å². The normalized spacial score (nSPS) is 14.1. The number of anilines is 1. The molecule has 0 aliphatic heterocycles. The first-order valence-corrected chi connectivity index (χ1v) is 6.29. The van der Waals surface area contributed by atoms with E-state index in [1.165, 1.54) is 22.9 Å². The number of carbonyl (C=O) groups is 1. The zero-order chi connectivity index (χ0) is 15.3. The van der Waals surface area contributed by atoms with Gasteiger partial charge in [0.25, 0.3) is 5.56 Å². The summed E-state index contributed by atoms with van der Waals surface area (Å²) in [5, 5.41) is 12.7. The Labute approximate surface area is 118 Å². The van der Waals surface area contributed by atoms with E-state index in [-0.39, 0.29) is 24.6 Å². The largest absolute Gasteiger partial charge is 0.398 e. The van der Waals surface area contributed by atoms with Crippen LogP contribution in [0.4, 0.5) is 5.69 Å². The van der Waals surface area contributed by atoms with Gasteiger partial charge in [0.1, 0.15) is 6.54 Å². The SMILES string of the molecule is CN(C)CC(C)(O)CNC(=O)Cn1cc(N)ccc1=O. The summed E-state index contributed by atoms with van der Waals surface area (Å²) in [7, 11) is 3.67. The molecule has 112 valence electrons. The summed E-state index contributed by atoms with van der Waals surface area (Å²) in [5.41, 5.74) is 4.65.